The first-order valence-electron chi connectivity index (χ1n) is 6.95. The van der Waals surface area contributed by atoms with Crippen LogP contribution in [-0.2, 0) is 6.42 Å². The summed E-state index contributed by atoms with van der Waals surface area (Å²) in [6, 6.07) is 12.8. The van der Waals surface area contributed by atoms with E-state index in [1.54, 1.807) is 6.92 Å². The van der Waals surface area contributed by atoms with E-state index in [0.717, 1.165) is 5.39 Å². The van der Waals surface area contributed by atoms with Gasteiger partial charge in [0.1, 0.15) is 5.82 Å². The normalized spacial score (nSPS) is 10.8. The van der Waals surface area contributed by atoms with Crippen molar-refractivity contribution in [2.75, 3.05) is 0 Å². The standard InChI is InChI=1S/C18H14FNO2/c1-11-15(10-17(21)12-6-8-13(19)9-7-12)14-4-2-3-5-16(14)20-18(11)22/h2-9H,10H2,1H3,(H,20,22). The molecule has 0 unspecified atom stereocenters. The first-order chi connectivity index (χ1) is 10.6. The molecule has 0 saturated carbocycles. The minimum Gasteiger partial charge on any atom is -0.322 e. The van der Waals surface area contributed by atoms with Crippen molar-refractivity contribution in [3.63, 3.8) is 0 Å². The number of H-pyrrole nitrogens is 1. The fourth-order valence-corrected chi connectivity index (χ4v) is 2.54. The number of carbonyl (C=O) groups excluding carboxylic acids is 1. The van der Waals surface area contributed by atoms with E-state index >= 15 is 0 Å². The van der Waals surface area contributed by atoms with Crippen molar-refractivity contribution >= 4 is 16.7 Å². The van der Waals surface area contributed by atoms with E-state index in [2.05, 4.69) is 4.98 Å². The first-order valence-corrected chi connectivity index (χ1v) is 6.95. The fourth-order valence-electron chi connectivity index (χ4n) is 2.54. The number of para-hydroxylation sites is 1. The zero-order valence-electron chi connectivity index (χ0n) is 12.0. The van der Waals surface area contributed by atoms with Crippen LogP contribution in [0, 0.1) is 12.7 Å². The molecule has 0 radical (unpaired) electrons. The predicted molar refractivity (Wildman–Crippen MR) is 83.7 cm³/mol. The number of Topliss-reactive ketones (excluding diaryl/α,β-unsaturated/α-hetero) is 1. The molecule has 0 atom stereocenters. The predicted octanol–water partition coefficient (Wildman–Crippen LogP) is 3.40. The summed E-state index contributed by atoms with van der Waals surface area (Å²) in [4.78, 5) is 27.2. The summed E-state index contributed by atoms with van der Waals surface area (Å²) in [5, 5.41) is 0.857. The Morgan fingerprint density at radius 3 is 2.50 bits per heavy atom. The SMILES string of the molecule is Cc1c(CC(=O)c2ccc(F)cc2)c2ccccc2[nH]c1=O. The largest absolute Gasteiger partial charge is 0.322 e. The number of aromatic nitrogens is 1. The summed E-state index contributed by atoms with van der Waals surface area (Å²) >= 11 is 0. The molecule has 1 N–H and O–H groups in total. The number of hydrogen-bond donors (Lipinski definition) is 1. The molecule has 0 aliphatic heterocycles. The van der Waals surface area contributed by atoms with Crippen LogP contribution >= 0.6 is 0 Å². The summed E-state index contributed by atoms with van der Waals surface area (Å²) in [5.41, 5.74) is 2.20. The van der Waals surface area contributed by atoms with Gasteiger partial charge in [0.25, 0.3) is 5.56 Å². The van der Waals surface area contributed by atoms with Gasteiger partial charge in [0.15, 0.2) is 5.78 Å². The maximum atomic E-state index is 12.9. The van der Waals surface area contributed by atoms with E-state index in [4.69, 9.17) is 0 Å². The molecule has 0 bridgehead atoms. The lowest BCUT2D eigenvalue weighted by Crippen LogP contribution is -2.15. The highest BCUT2D eigenvalue weighted by atomic mass is 19.1. The van der Waals surface area contributed by atoms with Crippen molar-refractivity contribution in [3.8, 4) is 0 Å². The number of halogens is 1. The van der Waals surface area contributed by atoms with Crippen molar-refractivity contribution < 1.29 is 9.18 Å². The number of fused-ring (bicyclic) bond motifs is 1. The molecule has 1 aromatic heterocycles. The van der Waals surface area contributed by atoms with Gasteiger partial charge in [-0.05, 0) is 42.8 Å². The number of carbonyl (C=O) groups is 1. The summed E-state index contributed by atoms with van der Waals surface area (Å²) < 4.78 is 12.9. The average molecular weight is 295 g/mol. The summed E-state index contributed by atoms with van der Waals surface area (Å²) in [6.07, 6.45) is 0.113. The third-order valence-corrected chi connectivity index (χ3v) is 3.80. The van der Waals surface area contributed by atoms with Crippen molar-refractivity contribution in [2.24, 2.45) is 0 Å². The van der Waals surface area contributed by atoms with Crippen molar-refractivity contribution in [2.45, 2.75) is 13.3 Å². The molecule has 0 aliphatic carbocycles. The lowest BCUT2D eigenvalue weighted by Gasteiger charge is -2.09. The van der Waals surface area contributed by atoms with E-state index in [1.165, 1.54) is 24.3 Å². The van der Waals surface area contributed by atoms with E-state index < -0.39 is 0 Å². The second-order valence-corrected chi connectivity index (χ2v) is 5.21. The number of pyridine rings is 1. The number of benzene rings is 2. The highest BCUT2D eigenvalue weighted by Crippen LogP contribution is 2.20. The molecule has 22 heavy (non-hydrogen) atoms. The maximum absolute atomic E-state index is 12.9. The second-order valence-electron chi connectivity index (χ2n) is 5.21. The summed E-state index contributed by atoms with van der Waals surface area (Å²) in [7, 11) is 0. The van der Waals surface area contributed by atoms with E-state index in [0.29, 0.717) is 22.2 Å². The zero-order chi connectivity index (χ0) is 15.7. The van der Waals surface area contributed by atoms with Gasteiger partial charge in [-0.2, -0.15) is 0 Å². The molecular formula is C18H14FNO2. The molecule has 2 aromatic carbocycles. The third-order valence-electron chi connectivity index (χ3n) is 3.80. The smallest absolute Gasteiger partial charge is 0.251 e. The van der Waals surface area contributed by atoms with Crippen LogP contribution in [0.3, 0.4) is 0 Å². The van der Waals surface area contributed by atoms with Crippen molar-refractivity contribution in [1.82, 2.24) is 4.98 Å². The first kappa shape index (κ1) is 14.2. The molecule has 3 rings (SSSR count). The summed E-state index contributed by atoms with van der Waals surface area (Å²) in [5.74, 6) is -0.520. The molecule has 1 heterocycles. The van der Waals surface area contributed by atoms with Gasteiger partial charge in [0.05, 0.1) is 0 Å². The molecule has 0 aliphatic rings. The molecule has 3 aromatic rings. The third kappa shape index (κ3) is 2.55. The number of nitrogens with one attached hydrogen (secondary N) is 1. The van der Waals surface area contributed by atoms with E-state index in [1.807, 2.05) is 24.3 Å². The van der Waals surface area contributed by atoms with Crippen LogP contribution in [0.1, 0.15) is 21.5 Å². The Morgan fingerprint density at radius 1 is 1.09 bits per heavy atom. The van der Waals surface area contributed by atoms with Crippen LogP contribution in [-0.4, -0.2) is 10.8 Å². The van der Waals surface area contributed by atoms with Gasteiger partial charge in [-0.25, -0.2) is 4.39 Å². The molecular weight excluding hydrogens is 281 g/mol. The van der Waals surface area contributed by atoms with Crippen LogP contribution in [0.5, 0.6) is 0 Å². The van der Waals surface area contributed by atoms with Crippen LogP contribution in [0.2, 0.25) is 0 Å². The maximum Gasteiger partial charge on any atom is 0.251 e. The Morgan fingerprint density at radius 2 is 1.77 bits per heavy atom. The van der Waals surface area contributed by atoms with Gasteiger partial charge < -0.3 is 4.98 Å². The highest BCUT2D eigenvalue weighted by Gasteiger charge is 2.14. The van der Waals surface area contributed by atoms with Crippen molar-refractivity contribution in [1.29, 1.82) is 0 Å². The van der Waals surface area contributed by atoms with Gasteiger partial charge in [-0.15, -0.1) is 0 Å². The number of aromatic amines is 1. The summed E-state index contributed by atoms with van der Waals surface area (Å²) in [6.45, 7) is 1.71. The van der Waals surface area contributed by atoms with Crippen molar-refractivity contribution in [3.05, 3.63) is 81.4 Å². The highest BCUT2D eigenvalue weighted by molar-refractivity contribution is 6.00. The lowest BCUT2D eigenvalue weighted by molar-refractivity contribution is 0.0993. The van der Waals surface area contributed by atoms with E-state index in [9.17, 15) is 14.0 Å². The minimum absolute atomic E-state index is 0.113. The number of hydrogen-bond acceptors (Lipinski definition) is 2. The van der Waals surface area contributed by atoms with E-state index in [-0.39, 0.29) is 23.6 Å². The molecule has 0 spiro atoms. The molecule has 110 valence electrons. The lowest BCUT2D eigenvalue weighted by atomic mass is 9.96. The Labute approximate surface area is 126 Å². The molecule has 0 fully saturated rings. The van der Waals surface area contributed by atoms with Gasteiger partial charge in [0.2, 0.25) is 0 Å². The van der Waals surface area contributed by atoms with Crippen LogP contribution in [0.25, 0.3) is 10.9 Å². The fraction of sp³-hybridized carbons (Fsp3) is 0.111. The van der Waals surface area contributed by atoms with Gasteiger partial charge in [-0.3, -0.25) is 9.59 Å². The second kappa shape index (κ2) is 5.56. The van der Waals surface area contributed by atoms with Gasteiger partial charge >= 0.3 is 0 Å². The van der Waals surface area contributed by atoms with Crippen LogP contribution < -0.4 is 5.56 Å². The molecule has 4 heteroatoms. The monoisotopic (exact) mass is 295 g/mol. The molecule has 0 saturated heterocycles. The van der Waals surface area contributed by atoms with Gasteiger partial charge in [0, 0.05) is 28.5 Å². The number of ketones is 1. The molecule has 0 amide bonds. The quantitative estimate of drug-likeness (QED) is 0.753. The zero-order valence-corrected chi connectivity index (χ0v) is 12.0. The topological polar surface area (TPSA) is 49.9 Å². The molecule has 3 nitrogen and oxygen atoms in total. The Hall–Kier alpha value is -2.75. The van der Waals surface area contributed by atoms with Crippen LogP contribution in [0.4, 0.5) is 4.39 Å². The number of rotatable bonds is 3. The Balaban J connectivity index is 2.07. The average Bonchev–Trinajstić information content (AvgIpc) is 2.52. The Bertz CT molecular complexity index is 911. The van der Waals surface area contributed by atoms with Gasteiger partial charge in [-0.1, -0.05) is 18.2 Å². The van der Waals surface area contributed by atoms with Crippen LogP contribution in [0.15, 0.2) is 53.3 Å². The minimum atomic E-state index is -0.380. The Kier molecular flexibility index (Phi) is 3.59.